The second-order valence-corrected chi connectivity index (χ2v) is 9.78. The van der Waals surface area contributed by atoms with Crippen molar-refractivity contribution >= 4 is 12.1 Å². The van der Waals surface area contributed by atoms with Crippen LogP contribution in [0.25, 0.3) is 0 Å². The van der Waals surface area contributed by atoms with Crippen molar-refractivity contribution in [1.29, 1.82) is 0 Å². The molecule has 190 valence electrons. The summed E-state index contributed by atoms with van der Waals surface area (Å²) in [6, 6.07) is 4.97. The highest BCUT2D eigenvalue weighted by Crippen LogP contribution is 2.48. The topological polar surface area (TPSA) is 79.3 Å². The molecule has 7 nitrogen and oxygen atoms in total. The van der Waals surface area contributed by atoms with Gasteiger partial charge < -0.3 is 24.4 Å². The van der Waals surface area contributed by atoms with Crippen molar-refractivity contribution < 1.29 is 28.6 Å². The minimum Gasteiger partial charge on any atom is -0.481 e. The Morgan fingerprint density at radius 2 is 2.03 bits per heavy atom. The van der Waals surface area contributed by atoms with E-state index in [-0.39, 0.29) is 30.2 Å². The zero-order chi connectivity index (χ0) is 24.7. The Kier molecular flexibility index (Phi) is 9.31. The van der Waals surface area contributed by atoms with Gasteiger partial charge in [-0.3, -0.25) is 4.79 Å². The number of aliphatic carboxylic acids is 1. The zero-order valence-electron chi connectivity index (χ0n) is 20.7. The average molecular weight is 479 g/mol. The number of carbonyl (C=O) groups excluding carboxylic acids is 1. The Balaban J connectivity index is 1.86. The fourth-order valence-corrected chi connectivity index (χ4v) is 5.51. The Hall–Kier alpha value is -2.19. The number of carboxylic acids is 1. The number of hydrogen-bond donors (Lipinski definition) is 1. The van der Waals surface area contributed by atoms with Gasteiger partial charge in [0.2, 0.25) is 0 Å². The number of carbonyl (C=O) groups is 2. The summed E-state index contributed by atoms with van der Waals surface area (Å²) in [5, 5.41) is 8.99. The van der Waals surface area contributed by atoms with E-state index >= 15 is 0 Å². The third-order valence-corrected chi connectivity index (χ3v) is 7.21. The molecule has 3 rings (SSSR count). The van der Waals surface area contributed by atoms with Crippen molar-refractivity contribution in [2.24, 2.45) is 5.92 Å². The van der Waals surface area contributed by atoms with Crippen molar-refractivity contribution in [3.8, 4) is 0 Å². The third kappa shape index (κ3) is 6.48. The van der Waals surface area contributed by atoms with E-state index < -0.39 is 11.6 Å². The second kappa shape index (κ2) is 12.0. The van der Waals surface area contributed by atoms with Gasteiger partial charge in [-0.05, 0) is 61.5 Å². The van der Waals surface area contributed by atoms with Gasteiger partial charge in [0.25, 0.3) is 0 Å². The summed E-state index contributed by atoms with van der Waals surface area (Å²) in [4.78, 5) is 28.2. The van der Waals surface area contributed by atoms with Gasteiger partial charge in [0, 0.05) is 38.4 Å². The fourth-order valence-electron chi connectivity index (χ4n) is 5.51. The fraction of sp³-hybridized carbons (Fsp3) is 0.692. The number of morpholine rings is 1. The molecule has 1 fully saturated rings. The molecule has 0 bridgehead atoms. The number of hydrogen-bond acceptors (Lipinski definition) is 5. The molecule has 1 heterocycles. The van der Waals surface area contributed by atoms with Crippen molar-refractivity contribution in [2.45, 2.75) is 64.4 Å². The van der Waals surface area contributed by atoms with Crippen LogP contribution in [0.2, 0.25) is 0 Å². The maximum atomic E-state index is 14.0. The predicted octanol–water partition coefficient (Wildman–Crippen LogP) is 4.30. The van der Waals surface area contributed by atoms with Crippen LogP contribution < -0.4 is 0 Å². The molecule has 1 aromatic carbocycles. The van der Waals surface area contributed by atoms with Gasteiger partial charge >= 0.3 is 12.1 Å². The molecule has 0 radical (unpaired) electrons. The quantitative estimate of drug-likeness (QED) is 0.540. The van der Waals surface area contributed by atoms with E-state index in [2.05, 4.69) is 25.7 Å². The number of fused-ring (bicyclic) bond motifs is 1. The van der Waals surface area contributed by atoms with E-state index in [0.29, 0.717) is 65.1 Å². The molecule has 0 aromatic heterocycles. The first-order chi connectivity index (χ1) is 16.3. The van der Waals surface area contributed by atoms with E-state index in [1.54, 1.807) is 11.0 Å². The summed E-state index contributed by atoms with van der Waals surface area (Å²) in [6.07, 6.45) is 2.34. The highest BCUT2D eigenvalue weighted by molar-refractivity contribution is 5.68. The first kappa shape index (κ1) is 26.4. The summed E-state index contributed by atoms with van der Waals surface area (Å²) < 4.78 is 25.8. The maximum absolute atomic E-state index is 14.0. The molecule has 1 saturated heterocycles. The summed E-state index contributed by atoms with van der Waals surface area (Å²) in [5.74, 6) is -0.902. The maximum Gasteiger partial charge on any atom is 0.410 e. The van der Waals surface area contributed by atoms with Gasteiger partial charge in [-0.15, -0.1) is 0 Å². The molecule has 1 N–H and O–H groups in total. The van der Waals surface area contributed by atoms with Crippen LogP contribution in [-0.4, -0.2) is 78.5 Å². The Morgan fingerprint density at radius 3 is 2.68 bits per heavy atom. The SMILES string of the molecule is CCN(CCCC(=O)O)CC[C@@]1(OC(=O)N2CCOCC2)CCc2cc(F)ccc2[C@@H]1C(C)C. The van der Waals surface area contributed by atoms with E-state index in [4.69, 9.17) is 14.6 Å². The number of nitrogens with zero attached hydrogens (tertiary/aromatic N) is 2. The third-order valence-electron chi connectivity index (χ3n) is 7.21. The van der Waals surface area contributed by atoms with E-state index in [1.165, 1.54) is 6.07 Å². The predicted molar refractivity (Wildman–Crippen MR) is 128 cm³/mol. The van der Waals surface area contributed by atoms with E-state index in [9.17, 15) is 14.0 Å². The number of carboxylic acid groups (broad SMARTS) is 1. The van der Waals surface area contributed by atoms with Gasteiger partial charge in [0.15, 0.2) is 0 Å². The summed E-state index contributed by atoms with van der Waals surface area (Å²) in [7, 11) is 0. The molecular formula is C26H39FN2O5. The van der Waals surface area contributed by atoms with Crippen LogP contribution in [-0.2, 0) is 20.7 Å². The Bertz CT molecular complexity index is 842. The Labute approximate surface area is 202 Å². The lowest BCUT2D eigenvalue weighted by Crippen LogP contribution is -2.52. The second-order valence-electron chi connectivity index (χ2n) is 9.78. The standard InChI is InChI=1S/C26H39FN2O5/c1-4-28(12-5-6-23(30)31)13-11-26(34-25(32)29-14-16-33-17-15-29)10-9-20-18-21(27)7-8-22(20)24(26)19(2)3/h7-8,18-19,24H,4-6,9-17H2,1-3H3,(H,30,31)/t24-,26-/m0/s1. The number of benzene rings is 1. The van der Waals surface area contributed by atoms with Gasteiger partial charge in [-0.25, -0.2) is 9.18 Å². The van der Waals surface area contributed by atoms with Crippen molar-refractivity contribution in [1.82, 2.24) is 9.80 Å². The molecule has 0 spiro atoms. The number of ether oxygens (including phenoxy) is 2. The molecular weight excluding hydrogens is 439 g/mol. The van der Waals surface area contributed by atoms with Crippen LogP contribution in [0.4, 0.5) is 9.18 Å². The lowest BCUT2D eigenvalue weighted by Gasteiger charge is -2.48. The van der Waals surface area contributed by atoms with Crippen LogP contribution >= 0.6 is 0 Å². The molecule has 0 saturated carbocycles. The van der Waals surface area contributed by atoms with Gasteiger partial charge in [-0.2, -0.15) is 0 Å². The molecule has 1 aliphatic carbocycles. The van der Waals surface area contributed by atoms with Crippen LogP contribution in [0.5, 0.6) is 0 Å². The number of aryl methyl sites for hydroxylation is 1. The first-order valence-corrected chi connectivity index (χ1v) is 12.5. The molecule has 0 unspecified atom stereocenters. The highest BCUT2D eigenvalue weighted by atomic mass is 19.1. The van der Waals surface area contributed by atoms with Crippen molar-refractivity contribution in [3.63, 3.8) is 0 Å². The molecule has 8 heteroatoms. The van der Waals surface area contributed by atoms with Gasteiger partial charge in [-0.1, -0.05) is 26.8 Å². The first-order valence-electron chi connectivity index (χ1n) is 12.5. The molecule has 2 aliphatic rings. The van der Waals surface area contributed by atoms with Gasteiger partial charge in [0.1, 0.15) is 11.4 Å². The normalized spacial score (nSPS) is 22.6. The molecule has 2 atom stereocenters. The van der Waals surface area contributed by atoms with E-state index in [0.717, 1.165) is 17.7 Å². The molecule has 1 amide bonds. The van der Waals surface area contributed by atoms with Crippen molar-refractivity contribution in [2.75, 3.05) is 45.9 Å². The lowest BCUT2D eigenvalue weighted by atomic mass is 9.65. The molecule has 1 aliphatic heterocycles. The summed E-state index contributed by atoms with van der Waals surface area (Å²) in [5.41, 5.74) is 1.34. The van der Waals surface area contributed by atoms with E-state index in [1.807, 2.05) is 6.07 Å². The van der Waals surface area contributed by atoms with Crippen LogP contribution in [0.3, 0.4) is 0 Å². The zero-order valence-corrected chi connectivity index (χ0v) is 20.7. The number of halogens is 1. The van der Waals surface area contributed by atoms with Crippen LogP contribution in [0, 0.1) is 11.7 Å². The average Bonchev–Trinajstić information content (AvgIpc) is 2.81. The summed E-state index contributed by atoms with van der Waals surface area (Å²) >= 11 is 0. The van der Waals surface area contributed by atoms with Crippen LogP contribution in [0.1, 0.15) is 63.5 Å². The number of amides is 1. The largest absolute Gasteiger partial charge is 0.481 e. The van der Waals surface area contributed by atoms with Crippen molar-refractivity contribution in [3.05, 3.63) is 35.1 Å². The highest BCUT2D eigenvalue weighted by Gasteiger charge is 2.48. The molecule has 34 heavy (non-hydrogen) atoms. The monoisotopic (exact) mass is 478 g/mol. The molecule has 1 aromatic rings. The summed E-state index contributed by atoms with van der Waals surface area (Å²) in [6.45, 7) is 10.5. The smallest absolute Gasteiger partial charge is 0.410 e. The number of rotatable bonds is 10. The lowest BCUT2D eigenvalue weighted by molar-refractivity contribution is -0.137. The minimum atomic E-state index is -0.789. The van der Waals surface area contributed by atoms with Gasteiger partial charge in [0.05, 0.1) is 13.2 Å². The minimum absolute atomic E-state index is 0.0560. The Morgan fingerprint density at radius 1 is 1.29 bits per heavy atom. The van der Waals surface area contributed by atoms with Crippen LogP contribution in [0.15, 0.2) is 18.2 Å².